The molecule has 2 rings (SSSR count). The van der Waals surface area contributed by atoms with Crippen molar-refractivity contribution < 1.29 is 14.7 Å². The number of aromatic nitrogens is 1. The molecule has 1 aromatic rings. The van der Waals surface area contributed by atoms with Gasteiger partial charge in [0, 0.05) is 24.2 Å². The molecule has 1 aromatic heterocycles. The Bertz CT molecular complexity index is 1050. The zero-order chi connectivity index (χ0) is 20.1. The lowest BCUT2D eigenvalue weighted by molar-refractivity contribution is -0.139. The van der Waals surface area contributed by atoms with Crippen LogP contribution in [-0.2, 0) is 16.1 Å². The Labute approximate surface area is 155 Å². The van der Waals surface area contributed by atoms with E-state index in [1.807, 2.05) is 0 Å². The van der Waals surface area contributed by atoms with Gasteiger partial charge in [-0.3, -0.25) is 23.9 Å². The zero-order valence-electron chi connectivity index (χ0n) is 14.8. The fourth-order valence-corrected chi connectivity index (χ4v) is 2.59. The Morgan fingerprint density at radius 2 is 1.81 bits per heavy atom. The molecule has 0 radical (unpaired) electrons. The van der Waals surface area contributed by atoms with Gasteiger partial charge in [-0.2, -0.15) is 10.5 Å². The quantitative estimate of drug-likeness (QED) is 0.632. The highest BCUT2D eigenvalue weighted by Crippen LogP contribution is 2.20. The largest absolute Gasteiger partial charge is 0.494 e. The van der Waals surface area contributed by atoms with Gasteiger partial charge in [0.1, 0.15) is 23.3 Å². The van der Waals surface area contributed by atoms with E-state index in [-0.39, 0.29) is 41.2 Å². The van der Waals surface area contributed by atoms with Crippen LogP contribution in [0.5, 0.6) is 5.88 Å². The number of likely N-dealkylation sites (N-methyl/N-ethyl adjacent to an activating group) is 1. The average molecular weight is 364 g/mol. The van der Waals surface area contributed by atoms with E-state index in [1.165, 1.54) is 30.4 Å². The molecule has 1 aliphatic heterocycles. The van der Waals surface area contributed by atoms with E-state index in [0.29, 0.717) is 0 Å². The summed E-state index contributed by atoms with van der Waals surface area (Å²) in [5.74, 6) is -1.48. The number of amides is 2. The summed E-state index contributed by atoms with van der Waals surface area (Å²) in [6, 6.07) is 4.79. The molecular formula is C19H16N4O4. The highest BCUT2D eigenvalue weighted by atomic mass is 16.3. The molecular weight excluding hydrogens is 348 g/mol. The van der Waals surface area contributed by atoms with E-state index in [2.05, 4.69) is 0 Å². The molecule has 0 saturated carbocycles. The molecule has 0 fully saturated rings. The summed E-state index contributed by atoms with van der Waals surface area (Å²) in [7, 11) is 0. The van der Waals surface area contributed by atoms with Gasteiger partial charge in [0.25, 0.3) is 17.4 Å². The molecule has 0 aromatic carbocycles. The zero-order valence-corrected chi connectivity index (χ0v) is 14.8. The number of pyridine rings is 1. The summed E-state index contributed by atoms with van der Waals surface area (Å²) < 4.78 is 1.06. The van der Waals surface area contributed by atoms with Gasteiger partial charge < -0.3 is 5.11 Å². The van der Waals surface area contributed by atoms with E-state index in [0.717, 1.165) is 9.47 Å². The van der Waals surface area contributed by atoms with Crippen LogP contribution in [-0.4, -0.2) is 32.9 Å². The first kappa shape index (κ1) is 19.4. The number of allylic oxidation sites excluding steroid dienone is 2. The van der Waals surface area contributed by atoms with Gasteiger partial charge in [0.05, 0.1) is 0 Å². The van der Waals surface area contributed by atoms with Crippen molar-refractivity contribution in [1.29, 1.82) is 10.5 Å². The van der Waals surface area contributed by atoms with Crippen LogP contribution in [0.3, 0.4) is 0 Å². The SMILES string of the molecule is CCN1C(=O)C(C#N)=C/C(=C\C=C\c2cc(C#N)c(=O)n(CC)c2O)C1=O. The fourth-order valence-electron chi connectivity index (χ4n) is 2.59. The predicted octanol–water partition coefficient (Wildman–Crippen LogP) is 1.22. The first-order chi connectivity index (χ1) is 12.9. The molecule has 2 heterocycles. The molecule has 8 nitrogen and oxygen atoms in total. The number of carbonyl (C=O) groups is 2. The second kappa shape index (κ2) is 7.98. The number of aromatic hydroxyl groups is 1. The Morgan fingerprint density at radius 3 is 2.37 bits per heavy atom. The van der Waals surface area contributed by atoms with Gasteiger partial charge in [-0.1, -0.05) is 6.08 Å². The number of imide groups is 1. The molecule has 0 bridgehead atoms. The van der Waals surface area contributed by atoms with Crippen molar-refractivity contribution in [2.45, 2.75) is 20.4 Å². The molecule has 8 heteroatoms. The minimum absolute atomic E-state index is 0.120. The van der Waals surface area contributed by atoms with Crippen LogP contribution < -0.4 is 5.56 Å². The van der Waals surface area contributed by atoms with Gasteiger partial charge in [0.15, 0.2) is 0 Å². The summed E-state index contributed by atoms with van der Waals surface area (Å²) in [6.07, 6.45) is 5.45. The number of hydrogen-bond acceptors (Lipinski definition) is 6. The first-order valence-corrected chi connectivity index (χ1v) is 8.12. The number of carbonyl (C=O) groups excluding carboxylic acids is 2. The summed E-state index contributed by atoms with van der Waals surface area (Å²) in [5.41, 5.74) is -0.501. The topological polar surface area (TPSA) is 127 Å². The van der Waals surface area contributed by atoms with Crippen molar-refractivity contribution in [3.63, 3.8) is 0 Å². The lowest BCUT2D eigenvalue weighted by Crippen LogP contribution is -2.41. The predicted molar refractivity (Wildman–Crippen MR) is 96.0 cm³/mol. The van der Waals surface area contributed by atoms with Crippen molar-refractivity contribution in [1.82, 2.24) is 9.47 Å². The van der Waals surface area contributed by atoms with Crippen LogP contribution in [0.2, 0.25) is 0 Å². The molecule has 1 N–H and O–H groups in total. The van der Waals surface area contributed by atoms with Crippen molar-refractivity contribution in [2.24, 2.45) is 0 Å². The Balaban J connectivity index is 2.48. The lowest BCUT2D eigenvalue weighted by atomic mass is 10.0. The van der Waals surface area contributed by atoms with Crippen LogP contribution in [0.25, 0.3) is 6.08 Å². The van der Waals surface area contributed by atoms with Gasteiger partial charge >= 0.3 is 0 Å². The molecule has 0 unspecified atom stereocenters. The summed E-state index contributed by atoms with van der Waals surface area (Å²) in [5, 5.41) is 28.3. The minimum atomic E-state index is -0.641. The summed E-state index contributed by atoms with van der Waals surface area (Å²) in [6.45, 7) is 3.59. The average Bonchev–Trinajstić information content (AvgIpc) is 2.66. The maximum atomic E-state index is 12.3. The van der Waals surface area contributed by atoms with Gasteiger partial charge in [0.2, 0.25) is 5.88 Å². The monoisotopic (exact) mass is 364 g/mol. The standard InChI is InChI=1S/C19H16N4O4/c1-3-22-16(24)12(8-14(10-20)18(22)26)6-5-7-13-9-15(11-21)19(27)23(4-2)17(13)25/h5-9,24H,3-4H2,1-2H3/b6-5+,13-7+. The second-order valence-electron chi connectivity index (χ2n) is 5.50. The third kappa shape index (κ3) is 3.55. The van der Waals surface area contributed by atoms with Crippen molar-refractivity contribution in [3.05, 3.63) is 56.9 Å². The number of hydrogen-bond donors (Lipinski definition) is 1. The van der Waals surface area contributed by atoms with E-state index < -0.39 is 17.4 Å². The number of nitriles is 2. The van der Waals surface area contributed by atoms with Gasteiger partial charge in [-0.05, 0) is 38.1 Å². The third-order valence-corrected chi connectivity index (χ3v) is 3.98. The molecule has 0 atom stereocenters. The maximum Gasteiger partial charge on any atom is 0.271 e. The molecule has 136 valence electrons. The fraction of sp³-hybridized carbons (Fsp3) is 0.211. The van der Waals surface area contributed by atoms with E-state index in [9.17, 15) is 19.5 Å². The second-order valence-corrected chi connectivity index (χ2v) is 5.50. The smallest absolute Gasteiger partial charge is 0.271 e. The van der Waals surface area contributed by atoms with Crippen LogP contribution in [0.15, 0.2) is 40.2 Å². The molecule has 27 heavy (non-hydrogen) atoms. The highest BCUT2D eigenvalue weighted by Gasteiger charge is 2.30. The number of rotatable bonds is 4. The molecule has 1 aliphatic rings. The summed E-state index contributed by atoms with van der Waals surface area (Å²) >= 11 is 0. The number of nitrogens with zero attached hydrogens (tertiary/aromatic N) is 4. The maximum absolute atomic E-state index is 12.3. The third-order valence-electron chi connectivity index (χ3n) is 3.98. The van der Waals surface area contributed by atoms with Crippen LogP contribution in [0, 0.1) is 22.7 Å². The van der Waals surface area contributed by atoms with Crippen LogP contribution in [0.4, 0.5) is 0 Å². The Hall–Kier alpha value is -3.91. The Kier molecular flexibility index (Phi) is 5.74. The van der Waals surface area contributed by atoms with E-state index in [1.54, 1.807) is 26.0 Å². The normalized spacial score (nSPS) is 15.8. The van der Waals surface area contributed by atoms with E-state index in [4.69, 9.17) is 10.5 Å². The van der Waals surface area contributed by atoms with Crippen molar-refractivity contribution >= 4 is 17.9 Å². The van der Waals surface area contributed by atoms with Crippen LogP contribution >= 0.6 is 0 Å². The highest BCUT2D eigenvalue weighted by molar-refractivity contribution is 6.16. The lowest BCUT2D eigenvalue weighted by Gasteiger charge is -2.22. The first-order valence-electron chi connectivity index (χ1n) is 8.12. The molecule has 2 amide bonds. The minimum Gasteiger partial charge on any atom is -0.494 e. The molecule has 0 spiro atoms. The van der Waals surface area contributed by atoms with Gasteiger partial charge in [-0.25, -0.2) is 0 Å². The van der Waals surface area contributed by atoms with E-state index >= 15 is 0 Å². The Morgan fingerprint density at radius 1 is 1.11 bits per heavy atom. The van der Waals surface area contributed by atoms with Gasteiger partial charge in [-0.15, -0.1) is 0 Å². The molecule has 0 saturated heterocycles. The summed E-state index contributed by atoms with van der Waals surface area (Å²) in [4.78, 5) is 37.1. The van der Waals surface area contributed by atoms with Crippen LogP contribution in [0.1, 0.15) is 25.0 Å². The van der Waals surface area contributed by atoms with Crippen molar-refractivity contribution in [3.8, 4) is 18.0 Å². The molecule has 0 aliphatic carbocycles. The van der Waals surface area contributed by atoms with Crippen molar-refractivity contribution in [2.75, 3.05) is 6.54 Å².